The van der Waals surface area contributed by atoms with Crippen molar-refractivity contribution in [1.82, 2.24) is 5.01 Å². The first kappa shape index (κ1) is 21.2. The molecular formula is C19H28N2O3S. The average molecular weight is 365 g/mol. The van der Waals surface area contributed by atoms with Crippen LogP contribution in [0.15, 0.2) is 17.2 Å². The SMILES string of the molecule is CCOC(=O)/C(=N\N(C)C(=O)Cc1c(CC)cc(C)cc1CC)SC. The molecule has 0 aromatic heterocycles. The highest BCUT2D eigenvalue weighted by Gasteiger charge is 2.18. The van der Waals surface area contributed by atoms with Crippen LogP contribution < -0.4 is 0 Å². The summed E-state index contributed by atoms with van der Waals surface area (Å²) in [5.74, 6) is -0.655. The standard InChI is InChI=1S/C19H28N2O3S/c1-7-14-10-13(4)11-15(8-2)16(14)12-17(22)21(5)20-18(25-6)19(23)24-9-3/h10-11H,7-9,12H2,1-6H3/b20-18+. The zero-order valence-corrected chi connectivity index (χ0v) is 16.8. The Morgan fingerprint density at radius 3 is 2.16 bits per heavy atom. The smallest absolute Gasteiger partial charge is 0.365 e. The van der Waals surface area contributed by atoms with Gasteiger partial charge in [-0.15, -0.1) is 11.8 Å². The predicted molar refractivity (Wildman–Crippen MR) is 104 cm³/mol. The van der Waals surface area contributed by atoms with Crippen LogP contribution in [0, 0.1) is 6.92 Å². The third kappa shape index (κ3) is 5.88. The molecule has 1 aromatic rings. The summed E-state index contributed by atoms with van der Waals surface area (Å²) in [5.41, 5.74) is 4.67. The Labute approximate surface area is 154 Å². The molecule has 6 heteroatoms. The van der Waals surface area contributed by atoms with Gasteiger partial charge in [0.25, 0.3) is 0 Å². The molecule has 0 atom stereocenters. The van der Waals surface area contributed by atoms with Crippen LogP contribution in [-0.2, 0) is 33.6 Å². The Morgan fingerprint density at radius 1 is 1.16 bits per heavy atom. The molecule has 0 spiro atoms. The number of rotatable bonds is 6. The van der Waals surface area contributed by atoms with Gasteiger partial charge in [0, 0.05) is 7.05 Å². The minimum Gasteiger partial charge on any atom is -0.461 e. The average Bonchev–Trinajstić information content (AvgIpc) is 2.60. The lowest BCUT2D eigenvalue weighted by Crippen LogP contribution is -2.27. The Balaban J connectivity index is 3.04. The van der Waals surface area contributed by atoms with Crippen molar-refractivity contribution < 1.29 is 14.3 Å². The van der Waals surface area contributed by atoms with E-state index in [1.807, 2.05) is 0 Å². The summed E-state index contributed by atoms with van der Waals surface area (Å²) in [7, 11) is 1.57. The lowest BCUT2D eigenvalue weighted by molar-refractivity contribution is -0.134. The zero-order chi connectivity index (χ0) is 19.0. The van der Waals surface area contributed by atoms with Crippen LogP contribution in [0.4, 0.5) is 0 Å². The highest BCUT2D eigenvalue weighted by molar-refractivity contribution is 8.15. The molecule has 0 unspecified atom stereocenters. The van der Waals surface area contributed by atoms with Gasteiger partial charge in [-0.05, 0) is 49.6 Å². The van der Waals surface area contributed by atoms with Crippen LogP contribution in [0.2, 0.25) is 0 Å². The van der Waals surface area contributed by atoms with Crippen molar-refractivity contribution in [3.63, 3.8) is 0 Å². The lowest BCUT2D eigenvalue weighted by Gasteiger charge is -2.17. The van der Waals surface area contributed by atoms with E-state index in [1.54, 1.807) is 20.2 Å². The fourth-order valence-electron chi connectivity index (χ4n) is 2.65. The number of benzene rings is 1. The van der Waals surface area contributed by atoms with Gasteiger partial charge in [0.1, 0.15) is 0 Å². The van der Waals surface area contributed by atoms with Crippen molar-refractivity contribution in [2.24, 2.45) is 5.10 Å². The van der Waals surface area contributed by atoms with Gasteiger partial charge in [0.2, 0.25) is 11.0 Å². The molecule has 0 saturated carbocycles. The van der Waals surface area contributed by atoms with Gasteiger partial charge in [-0.3, -0.25) is 4.79 Å². The number of carbonyl (C=O) groups excluding carboxylic acids is 2. The van der Waals surface area contributed by atoms with E-state index in [1.165, 1.54) is 33.5 Å². The highest BCUT2D eigenvalue weighted by atomic mass is 32.2. The molecule has 1 rings (SSSR count). The second-order valence-electron chi connectivity index (χ2n) is 5.69. The number of thioether (sulfide) groups is 1. The molecule has 1 aromatic carbocycles. The van der Waals surface area contributed by atoms with E-state index in [0.717, 1.165) is 18.4 Å². The molecule has 138 valence electrons. The van der Waals surface area contributed by atoms with Crippen molar-refractivity contribution in [2.75, 3.05) is 19.9 Å². The summed E-state index contributed by atoms with van der Waals surface area (Å²) < 4.78 is 4.95. The summed E-state index contributed by atoms with van der Waals surface area (Å²) in [6, 6.07) is 4.27. The molecule has 0 fully saturated rings. The van der Waals surface area contributed by atoms with Crippen molar-refractivity contribution in [3.8, 4) is 0 Å². The van der Waals surface area contributed by atoms with Crippen molar-refractivity contribution in [1.29, 1.82) is 0 Å². The van der Waals surface area contributed by atoms with Crippen LogP contribution in [0.3, 0.4) is 0 Å². The quantitative estimate of drug-likeness (QED) is 0.336. The predicted octanol–water partition coefficient (Wildman–Crippen LogP) is 3.36. The highest BCUT2D eigenvalue weighted by Crippen LogP contribution is 2.21. The van der Waals surface area contributed by atoms with E-state index < -0.39 is 5.97 Å². The van der Waals surface area contributed by atoms with E-state index in [0.29, 0.717) is 0 Å². The van der Waals surface area contributed by atoms with E-state index in [-0.39, 0.29) is 24.0 Å². The molecule has 0 heterocycles. The molecule has 5 nitrogen and oxygen atoms in total. The minimum atomic E-state index is -0.506. The minimum absolute atomic E-state index is 0.149. The summed E-state index contributed by atoms with van der Waals surface area (Å²) in [6.45, 7) is 8.28. The number of nitrogens with zero attached hydrogens (tertiary/aromatic N) is 2. The molecule has 0 aliphatic heterocycles. The van der Waals surface area contributed by atoms with Crippen LogP contribution in [0.1, 0.15) is 43.0 Å². The van der Waals surface area contributed by atoms with Crippen molar-refractivity contribution in [3.05, 3.63) is 34.4 Å². The number of hydrogen-bond acceptors (Lipinski definition) is 5. The lowest BCUT2D eigenvalue weighted by atomic mass is 9.92. The Hall–Kier alpha value is -1.82. The van der Waals surface area contributed by atoms with Gasteiger partial charge in [0.05, 0.1) is 13.0 Å². The molecule has 1 amide bonds. The van der Waals surface area contributed by atoms with Crippen molar-refractivity contribution >= 4 is 28.7 Å². The third-order valence-electron chi connectivity index (χ3n) is 3.91. The molecular weight excluding hydrogens is 336 g/mol. The molecule has 0 bridgehead atoms. The van der Waals surface area contributed by atoms with Gasteiger partial charge < -0.3 is 4.74 Å². The van der Waals surface area contributed by atoms with E-state index in [4.69, 9.17) is 4.74 Å². The number of carbonyl (C=O) groups is 2. The maximum absolute atomic E-state index is 12.6. The second-order valence-corrected chi connectivity index (χ2v) is 6.49. The monoisotopic (exact) mass is 364 g/mol. The number of esters is 1. The van der Waals surface area contributed by atoms with Gasteiger partial charge in [-0.25, -0.2) is 9.80 Å². The van der Waals surface area contributed by atoms with Gasteiger partial charge in [0.15, 0.2) is 0 Å². The Morgan fingerprint density at radius 2 is 1.72 bits per heavy atom. The molecule has 0 aliphatic rings. The van der Waals surface area contributed by atoms with Gasteiger partial charge >= 0.3 is 5.97 Å². The first-order valence-electron chi connectivity index (χ1n) is 8.55. The molecule has 0 aliphatic carbocycles. The normalized spacial score (nSPS) is 11.4. The first-order valence-corrected chi connectivity index (χ1v) is 9.77. The maximum atomic E-state index is 12.6. The second kappa shape index (κ2) is 10.2. The molecule has 0 radical (unpaired) electrons. The van der Waals surface area contributed by atoms with Crippen LogP contribution in [-0.4, -0.2) is 41.8 Å². The van der Waals surface area contributed by atoms with Crippen LogP contribution in [0.5, 0.6) is 0 Å². The van der Waals surface area contributed by atoms with E-state index in [9.17, 15) is 9.59 Å². The Bertz CT molecular complexity index is 631. The Kier molecular flexibility index (Phi) is 8.69. The number of likely N-dealkylation sites (N-methyl/N-ethyl adjacent to an activating group) is 1. The maximum Gasteiger partial charge on any atom is 0.365 e. The fourth-order valence-corrected chi connectivity index (χ4v) is 3.07. The van der Waals surface area contributed by atoms with Gasteiger partial charge in [-0.2, -0.15) is 5.10 Å². The zero-order valence-electron chi connectivity index (χ0n) is 16.0. The number of ether oxygens (including phenoxy) is 1. The third-order valence-corrected chi connectivity index (χ3v) is 4.55. The molecule has 0 N–H and O–H groups in total. The van der Waals surface area contributed by atoms with Crippen LogP contribution >= 0.6 is 11.8 Å². The topological polar surface area (TPSA) is 59.0 Å². The van der Waals surface area contributed by atoms with Crippen LogP contribution in [0.25, 0.3) is 0 Å². The van der Waals surface area contributed by atoms with E-state index >= 15 is 0 Å². The molecule has 0 saturated heterocycles. The van der Waals surface area contributed by atoms with Gasteiger partial charge in [-0.1, -0.05) is 31.5 Å². The summed E-state index contributed by atoms with van der Waals surface area (Å²) >= 11 is 1.17. The summed E-state index contributed by atoms with van der Waals surface area (Å²) in [4.78, 5) is 24.4. The summed E-state index contributed by atoms with van der Waals surface area (Å²) in [6.07, 6.45) is 3.77. The number of amides is 1. The van der Waals surface area contributed by atoms with E-state index in [2.05, 4.69) is 38.0 Å². The summed E-state index contributed by atoms with van der Waals surface area (Å²) in [5, 5.41) is 5.54. The van der Waals surface area contributed by atoms with Crippen molar-refractivity contribution in [2.45, 2.75) is 47.0 Å². The number of hydrogen-bond donors (Lipinski definition) is 0. The first-order chi connectivity index (χ1) is 11.9. The molecule has 25 heavy (non-hydrogen) atoms. The number of aryl methyl sites for hydroxylation is 3. The largest absolute Gasteiger partial charge is 0.461 e. The number of hydrazone groups is 1. The fraction of sp³-hybridized carbons (Fsp3) is 0.526.